The summed E-state index contributed by atoms with van der Waals surface area (Å²) in [6.45, 7) is 0. The molecule has 0 N–H and O–H groups in total. The summed E-state index contributed by atoms with van der Waals surface area (Å²) in [6.07, 6.45) is 0. The highest BCUT2D eigenvalue weighted by atomic mass is 28.3. The van der Waals surface area contributed by atoms with E-state index in [1.54, 1.807) is 0 Å². The number of hydrogen-bond donors (Lipinski definition) is 0. The van der Waals surface area contributed by atoms with Crippen molar-refractivity contribution in [3.63, 3.8) is 0 Å². The van der Waals surface area contributed by atoms with Gasteiger partial charge in [-0.2, -0.15) is 15.8 Å². The third-order valence-electron chi connectivity index (χ3n) is 9.64. The number of rotatable bonds is 6. The van der Waals surface area contributed by atoms with Gasteiger partial charge in [0.1, 0.15) is 0 Å². The monoisotopic (exact) mass is 652 g/mol. The van der Waals surface area contributed by atoms with Crippen LogP contribution in [0.4, 0.5) is 0 Å². The summed E-state index contributed by atoms with van der Waals surface area (Å²) in [4.78, 5) is 0. The number of benzene rings is 7. The zero-order valence-corrected chi connectivity index (χ0v) is 28.0. The van der Waals surface area contributed by atoms with Crippen molar-refractivity contribution in [3.05, 3.63) is 187 Å². The van der Waals surface area contributed by atoms with Gasteiger partial charge < -0.3 is 4.57 Å². The molecule has 0 unspecified atom stereocenters. The standard InChI is InChI=1S/C45H28N4Si/c46-29-32-18-24-43-41(26-32)42-27-33(30-47)19-25-44(42)49(43)37-22-20-34(21-23-37)35-11-9-16-40(28-35)50(38-12-3-1-4-13-38,39-14-5-2-6-15-39)45-17-8-7-10-36(45)31-48/h1-28H. The first kappa shape index (κ1) is 30.4. The van der Waals surface area contributed by atoms with E-state index in [-0.39, 0.29) is 0 Å². The summed E-state index contributed by atoms with van der Waals surface area (Å²) in [5.41, 5.74) is 6.95. The Labute approximate surface area is 291 Å². The molecule has 0 saturated heterocycles. The Bertz CT molecular complexity index is 2560. The van der Waals surface area contributed by atoms with Gasteiger partial charge in [0.2, 0.25) is 0 Å². The van der Waals surface area contributed by atoms with Gasteiger partial charge in [-0.05, 0) is 86.5 Å². The van der Waals surface area contributed by atoms with E-state index in [2.05, 4.69) is 126 Å². The second-order valence-corrected chi connectivity index (χ2v) is 16.1. The van der Waals surface area contributed by atoms with E-state index < -0.39 is 8.07 Å². The van der Waals surface area contributed by atoms with E-state index in [1.807, 2.05) is 66.7 Å². The second-order valence-electron chi connectivity index (χ2n) is 12.3. The van der Waals surface area contributed by atoms with Crippen LogP contribution in [0.2, 0.25) is 0 Å². The Hall–Kier alpha value is -6.97. The van der Waals surface area contributed by atoms with Gasteiger partial charge in [-0.1, -0.05) is 115 Å². The quantitative estimate of drug-likeness (QED) is 0.138. The highest BCUT2D eigenvalue weighted by molar-refractivity contribution is 7.20. The van der Waals surface area contributed by atoms with Gasteiger partial charge in [0.15, 0.2) is 8.07 Å². The van der Waals surface area contributed by atoms with Crippen LogP contribution in [0, 0.1) is 34.0 Å². The van der Waals surface area contributed by atoms with Crippen LogP contribution in [0.1, 0.15) is 16.7 Å². The van der Waals surface area contributed by atoms with Crippen LogP contribution in [0.3, 0.4) is 0 Å². The minimum absolute atomic E-state index is 0.581. The molecule has 7 aromatic carbocycles. The first-order valence-electron chi connectivity index (χ1n) is 16.4. The summed E-state index contributed by atoms with van der Waals surface area (Å²) in [7, 11) is -2.93. The maximum atomic E-state index is 10.4. The number of nitrogens with zero attached hydrogens (tertiary/aromatic N) is 4. The lowest BCUT2D eigenvalue weighted by molar-refractivity contribution is 1.18. The Morgan fingerprint density at radius 1 is 0.420 bits per heavy atom. The molecule has 8 aromatic rings. The third kappa shape index (κ3) is 4.88. The highest BCUT2D eigenvalue weighted by Gasteiger charge is 2.43. The number of hydrogen-bond acceptors (Lipinski definition) is 3. The molecule has 50 heavy (non-hydrogen) atoms. The fraction of sp³-hybridized carbons (Fsp3) is 0. The molecule has 4 nitrogen and oxygen atoms in total. The van der Waals surface area contributed by atoms with Gasteiger partial charge in [0.25, 0.3) is 0 Å². The lowest BCUT2D eigenvalue weighted by atomic mass is 10.1. The van der Waals surface area contributed by atoms with E-state index in [0.29, 0.717) is 16.7 Å². The van der Waals surface area contributed by atoms with Crippen molar-refractivity contribution < 1.29 is 0 Å². The van der Waals surface area contributed by atoms with E-state index in [1.165, 1.54) is 15.6 Å². The fourth-order valence-electron chi connectivity index (χ4n) is 7.43. The predicted molar refractivity (Wildman–Crippen MR) is 204 cm³/mol. The van der Waals surface area contributed by atoms with Crippen molar-refractivity contribution in [1.29, 1.82) is 15.8 Å². The van der Waals surface area contributed by atoms with E-state index >= 15 is 0 Å². The lowest BCUT2D eigenvalue weighted by Crippen LogP contribution is -2.75. The predicted octanol–water partition coefficient (Wildman–Crippen LogP) is 7.44. The molecule has 0 spiro atoms. The SMILES string of the molecule is N#Cc1ccc2c(c1)c1cc(C#N)ccc1n2-c1ccc(-c2cccc([Si](c3ccccc3)(c3ccccc3)c3ccccc3C#N)c2)cc1. The largest absolute Gasteiger partial charge is 0.309 e. The highest BCUT2D eigenvalue weighted by Crippen LogP contribution is 2.34. The molecule has 0 aliphatic heterocycles. The van der Waals surface area contributed by atoms with Crippen LogP contribution in [0.5, 0.6) is 0 Å². The average Bonchev–Trinajstić information content (AvgIpc) is 3.52. The Morgan fingerprint density at radius 3 is 1.52 bits per heavy atom. The van der Waals surface area contributed by atoms with Crippen LogP contribution in [-0.2, 0) is 0 Å². The average molecular weight is 653 g/mol. The van der Waals surface area contributed by atoms with Gasteiger partial charge in [0.05, 0.1) is 45.9 Å². The Kier molecular flexibility index (Phi) is 7.63. The van der Waals surface area contributed by atoms with Gasteiger partial charge >= 0.3 is 0 Å². The normalized spacial score (nSPS) is 11.1. The van der Waals surface area contributed by atoms with E-state index in [0.717, 1.165) is 43.8 Å². The van der Waals surface area contributed by atoms with Gasteiger partial charge in [-0.3, -0.25) is 0 Å². The van der Waals surface area contributed by atoms with Crippen molar-refractivity contribution in [2.75, 3.05) is 0 Å². The topological polar surface area (TPSA) is 76.3 Å². The number of fused-ring (bicyclic) bond motifs is 3. The summed E-state index contributed by atoms with van der Waals surface area (Å²) in [5.74, 6) is 0. The van der Waals surface area contributed by atoms with Gasteiger partial charge in [-0.25, -0.2) is 0 Å². The van der Waals surface area contributed by atoms with Crippen molar-refractivity contribution in [2.24, 2.45) is 0 Å². The van der Waals surface area contributed by atoms with Crippen molar-refractivity contribution in [1.82, 2.24) is 4.57 Å². The maximum Gasteiger partial charge on any atom is 0.180 e. The van der Waals surface area contributed by atoms with Gasteiger partial charge in [0, 0.05) is 16.5 Å². The molecule has 5 heteroatoms. The van der Waals surface area contributed by atoms with Crippen LogP contribution in [-0.4, -0.2) is 12.6 Å². The number of nitriles is 3. The molecular weight excluding hydrogens is 625 g/mol. The van der Waals surface area contributed by atoms with Crippen molar-refractivity contribution >= 4 is 50.6 Å². The van der Waals surface area contributed by atoms with Crippen LogP contribution in [0.15, 0.2) is 170 Å². The Morgan fingerprint density at radius 2 is 0.960 bits per heavy atom. The molecule has 0 aliphatic rings. The first-order valence-corrected chi connectivity index (χ1v) is 18.4. The Balaban J connectivity index is 1.30. The molecule has 1 aromatic heterocycles. The van der Waals surface area contributed by atoms with E-state index in [4.69, 9.17) is 0 Å². The van der Waals surface area contributed by atoms with E-state index in [9.17, 15) is 15.8 Å². The third-order valence-corrected chi connectivity index (χ3v) is 14.5. The molecule has 8 rings (SSSR count). The summed E-state index contributed by atoms with van der Waals surface area (Å²) in [5, 5.41) is 36.2. The second kappa shape index (κ2) is 12.6. The maximum absolute atomic E-state index is 10.4. The molecule has 0 saturated carbocycles. The van der Waals surface area contributed by atoms with Crippen LogP contribution in [0.25, 0.3) is 38.6 Å². The molecule has 0 radical (unpaired) electrons. The van der Waals surface area contributed by atoms with Crippen molar-refractivity contribution in [2.45, 2.75) is 0 Å². The smallest absolute Gasteiger partial charge is 0.180 e. The van der Waals surface area contributed by atoms with Crippen LogP contribution < -0.4 is 20.7 Å². The molecule has 1 heterocycles. The molecule has 0 amide bonds. The van der Waals surface area contributed by atoms with Crippen LogP contribution >= 0.6 is 0 Å². The summed E-state index contributed by atoms with van der Waals surface area (Å²) < 4.78 is 2.19. The fourth-order valence-corrected chi connectivity index (χ4v) is 12.4. The zero-order chi connectivity index (χ0) is 34.1. The minimum Gasteiger partial charge on any atom is -0.309 e. The van der Waals surface area contributed by atoms with Gasteiger partial charge in [-0.15, -0.1) is 0 Å². The molecule has 232 valence electrons. The molecule has 0 fully saturated rings. The summed E-state index contributed by atoms with van der Waals surface area (Å²) in [6, 6.07) is 65.2. The molecule has 0 bridgehead atoms. The molecular formula is C45H28N4Si. The first-order chi connectivity index (χ1) is 24.6. The minimum atomic E-state index is -2.93. The zero-order valence-electron chi connectivity index (χ0n) is 27.0. The lowest BCUT2D eigenvalue weighted by Gasteiger charge is -2.35. The number of aromatic nitrogens is 1. The molecule has 0 atom stereocenters. The molecule has 0 aliphatic carbocycles. The summed E-state index contributed by atoms with van der Waals surface area (Å²) >= 11 is 0. The van der Waals surface area contributed by atoms with Crippen molar-refractivity contribution in [3.8, 4) is 35.0 Å².